The summed E-state index contributed by atoms with van der Waals surface area (Å²) in [5.41, 5.74) is 0. The van der Waals surface area contributed by atoms with Gasteiger partial charge in [0, 0.05) is 6.42 Å². The number of hydrogen-bond acceptors (Lipinski definition) is 5. The maximum Gasteiger partial charge on any atom is 0.160 e. The summed E-state index contributed by atoms with van der Waals surface area (Å²) in [5.74, 6) is 0.380. The van der Waals surface area contributed by atoms with Crippen molar-refractivity contribution >= 4 is 0 Å². The van der Waals surface area contributed by atoms with Crippen LogP contribution in [0.4, 0.5) is 0 Å². The molecule has 0 bridgehead atoms. The molecule has 1 heterocycles. The van der Waals surface area contributed by atoms with Crippen LogP contribution in [0.5, 0.6) is 0 Å². The van der Waals surface area contributed by atoms with Gasteiger partial charge in [-0.25, -0.2) is 0 Å². The highest BCUT2D eigenvalue weighted by Crippen LogP contribution is 2.21. The molecule has 1 fully saturated rings. The van der Waals surface area contributed by atoms with Gasteiger partial charge in [0.15, 0.2) is 6.29 Å². The van der Waals surface area contributed by atoms with E-state index in [1.54, 1.807) is 0 Å². The average Bonchev–Trinajstić information content (AvgIpc) is 2.19. The topological polar surface area (TPSA) is 79.2 Å². The second-order valence-corrected chi connectivity index (χ2v) is 4.31. The van der Waals surface area contributed by atoms with E-state index < -0.39 is 24.6 Å². The summed E-state index contributed by atoms with van der Waals surface area (Å²) in [6, 6.07) is 0. The smallest absolute Gasteiger partial charge is 0.160 e. The third-order valence-electron chi connectivity index (χ3n) is 2.33. The van der Waals surface area contributed by atoms with Crippen LogP contribution in [0, 0.1) is 5.92 Å². The zero-order valence-electron chi connectivity index (χ0n) is 9.17. The van der Waals surface area contributed by atoms with Gasteiger partial charge >= 0.3 is 0 Å². The van der Waals surface area contributed by atoms with Gasteiger partial charge in [-0.2, -0.15) is 0 Å². The third kappa shape index (κ3) is 3.70. The van der Waals surface area contributed by atoms with Crippen molar-refractivity contribution in [2.24, 2.45) is 5.92 Å². The molecule has 5 heteroatoms. The Hall–Kier alpha value is -0.200. The number of ether oxygens (including phenoxy) is 2. The lowest BCUT2D eigenvalue weighted by molar-refractivity contribution is -0.258. The molecular weight excluding hydrogens is 200 g/mol. The Balaban J connectivity index is 2.41. The molecule has 1 rings (SSSR count). The maximum atomic E-state index is 9.49. The van der Waals surface area contributed by atoms with Crippen LogP contribution in [-0.2, 0) is 9.47 Å². The summed E-state index contributed by atoms with van der Waals surface area (Å²) in [6.45, 7) is 4.24. The zero-order valence-corrected chi connectivity index (χ0v) is 9.17. The van der Waals surface area contributed by atoms with Crippen LogP contribution in [0.2, 0.25) is 0 Å². The highest BCUT2D eigenvalue weighted by molar-refractivity contribution is 4.82. The molecule has 5 nitrogen and oxygen atoms in total. The van der Waals surface area contributed by atoms with Gasteiger partial charge in [0.1, 0.15) is 12.2 Å². The summed E-state index contributed by atoms with van der Waals surface area (Å²) in [5, 5.41) is 27.9. The molecule has 90 valence electrons. The van der Waals surface area contributed by atoms with E-state index in [1.807, 2.05) is 13.8 Å². The number of aliphatic hydroxyl groups is 3. The molecule has 15 heavy (non-hydrogen) atoms. The molecule has 1 aliphatic heterocycles. The standard InChI is InChI=1S/C10H20O5/c1-6(2)5-14-9-3-7(12)10(13)8(4-11)15-9/h6-13H,3-5H2,1-2H3/t7-,8-,9-,10+/m1/s1. The molecule has 0 unspecified atom stereocenters. The van der Waals surface area contributed by atoms with Crippen LogP contribution in [0.1, 0.15) is 20.3 Å². The van der Waals surface area contributed by atoms with Gasteiger partial charge in [0.2, 0.25) is 0 Å². The molecule has 0 aromatic rings. The fraction of sp³-hybridized carbons (Fsp3) is 1.00. The van der Waals surface area contributed by atoms with Gasteiger partial charge in [0.25, 0.3) is 0 Å². The van der Waals surface area contributed by atoms with E-state index in [9.17, 15) is 10.2 Å². The van der Waals surface area contributed by atoms with E-state index in [2.05, 4.69) is 0 Å². The van der Waals surface area contributed by atoms with Crippen molar-refractivity contribution in [3.63, 3.8) is 0 Å². The summed E-state index contributed by atoms with van der Waals surface area (Å²) in [4.78, 5) is 0. The van der Waals surface area contributed by atoms with E-state index in [4.69, 9.17) is 14.6 Å². The van der Waals surface area contributed by atoms with Gasteiger partial charge in [0.05, 0.1) is 19.3 Å². The highest BCUT2D eigenvalue weighted by Gasteiger charge is 2.36. The number of hydrogen-bond donors (Lipinski definition) is 3. The molecule has 1 saturated heterocycles. The summed E-state index contributed by atoms with van der Waals surface area (Å²) in [6.07, 6.45) is -2.99. The molecule has 1 aliphatic rings. The first kappa shape index (κ1) is 12.9. The Labute approximate surface area is 89.6 Å². The first-order valence-electron chi connectivity index (χ1n) is 5.28. The molecule has 3 N–H and O–H groups in total. The second-order valence-electron chi connectivity index (χ2n) is 4.31. The minimum absolute atomic E-state index is 0.240. The SMILES string of the molecule is CC(C)CO[C@H]1C[C@@H](O)[C@H](O)[C@@H](CO)O1. The van der Waals surface area contributed by atoms with Gasteiger partial charge in [-0.15, -0.1) is 0 Å². The van der Waals surface area contributed by atoms with Crippen LogP contribution in [-0.4, -0.2) is 53.1 Å². The fourth-order valence-electron chi connectivity index (χ4n) is 1.47. The van der Waals surface area contributed by atoms with Gasteiger partial charge in [-0.1, -0.05) is 13.8 Å². The Morgan fingerprint density at radius 3 is 2.60 bits per heavy atom. The molecule has 0 spiro atoms. The van der Waals surface area contributed by atoms with Crippen LogP contribution in [0.25, 0.3) is 0 Å². The third-order valence-corrected chi connectivity index (χ3v) is 2.33. The first-order valence-corrected chi connectivity index (χ1v) is 5.28. The van der Waals surface area contributed by atoms with Crippen molar-refractivity contribution in [3.05, 3.63) is 0 Å². The van der Waals surface area contributed by atoms with E-state index in [0.717, 1.165) is 0 Å². The molecule has 0 aliphatic carbocycles. The van der Waals surface area contributed by atoms with E-state index >= 15 is 0 Å². The normalized spacial score (nSPS) is 37.2. The average molecular weight is 220 g/mol. The van der Waals surface area contributed by atoms with Crippen molar-refractivity contribution in [2.75, 3.05) is 13.2 Å². The second kappa shape index (κ2) is 5.77. The van der Waals surface area contributed by atoms with E-state index in [0.29, 0.717) is 12.5 Å². The van der Waals surface area contributed by atoms with Crippen molar-refractivity contribution in [1.82, 2.24) is 0 Å². The molecule has 0 radical (unpaired) electrons. The Morgan fingerprint density at radius 1 is 1.40 bits per heavy atom. The van der Waals surface area contributed by atoms with E-state index in [1.165, 1.54) is 0 Å². The Kier molecular flexibility index (Phi) is 4.95. The Morgan fingerprint density at radius 2 is 2.07 bits per heavy atom. The minimum atomic E-state index is -1.03. The van der Waals surface area contributed by atoms with Crippen LogP contribution >= 0.6 is 0 Å². The molecule has 0 amide bonds. The quantitative estimate of drug-likeness (QED) is 0.594. The number of rotatable bonds is 4. The van der Waals surface area contributed by atoms with Crippen molar-refractivity contribution in [1.29, 1.82) is 0 Å². The highest BCUT2D eigenvalue weighted by atomic mass is 16.7. The molecule has 0 saturated carbocycles. The van der Waals surface area contributed by atoms with Crippen molar-refractivity contribution < 1.29 is 24.8 Å². The Bertz CT molecular complexity index is 185. The lowest BCUT2D eigenvalue weighted by Gasteiger charge is -2.36. The summed E-state index contributed by atoms with van der Waals surface area (Å²) < 4.78 is 10.7. The zero-order chi connectivity index (χ0) is 11.4. The summed E-state index contributed by atoms with van der Waals surface area (Å²) in [7, 11) is 0. The molecular formula is C10H20O5. The molecule has 4 atom stereocenters. The predicted molar refractivity (Wildman–Crippen MR) is 53.2 cm³/mol. The lowest BCUT2D eigenvalue weighted by Crippen LogP contribution is -2.50. The molecule has 0 aromatic carbocycles. The predicted octanol–water partition coefficient (Wildman–Crippen LogP) is -0.512. The maximum absolute atomic E-state index is 9.49. The van der Waals surface area contributed by atoms with Crippen LogP contribution in [0.15, 0.2) is 0 Å². The lowest BCUT2D eigenvalue weighted by atomic mass is 10.0. The van der Waals surface area contributed by atoms with Gasteiger partial charge in [-0.3, -0.25) is 0 Å². The minimum Gasteiger partial charge on any atom is -0.394 e. The van der Waals surface area contributed by atoms with Crippen molar-refractivity contribution in [2.45, 2.75) is 44.9 Å². The largest absolute Gasteiger partial charge is 0.394 e. The van der Waals surface area contributed by atoms with Crippen LogP contribution in [0.3, 0.4) is 0 Å². The van der Waals surface area contributed by atoms with Crippen LogP contribution < -0.4 is 0 Å². The van der Waals surface area contributed by atoms with E-state index in [-0.39, 0.29) is 13.0 Å². The van der Waals surface area contributed by atoms with Crippen molar-refractivity contribution in [3.8, 4) is 0 Å². The van der Waals surface area contributed by atoms with Gasteiger partial charge in [-0.05, 0) is 5.92 Å². The number of aliphatic hydroxyl groups excluding tert-OH is 3. The van der Waals surface area contributed by atoms with Gasteiger partial charge < -0.3 is 24.8 Å². The monoisotopic (exact) mass is 220 g/mol. The first-order chi connectivity index (χ1) is 7.04. The summed E-state index contributed by atoms with van der Waals surface area (Å²) >= 11 is 0. The fourth-order valence-corrected chi connectivity index (χ4v) is 1.47. The molecule has 0 aromatic heterocycles.